The van der Waals surface area contributed by atoms with Crippen molar-refractivity contribution in [2.45, 2.75) is 18.2 Å². The Morgan fingerprint density at radius 2 is 1.79 bits per heavy atom. The summed E-state index contributed by atoms with van der Waals surface area (Å²) in [6.07, 6.45) is -0.374. The molecule has 150 valence electrons. The van der Waals surface area contributed by atoms with Gasteiger partial charge in [-0.15, -0.1) is 0 Å². The highest BCUT2D eigenvalue weighted by atomic mass is 79.9. The Bertz CT molecular complexity index is 994. The summed E-state index contributed by atoms with van der Waals surface area (Å²) in [5.74, 6) is -1.79. The summed E-state index contributed by atoms with van der Waals surface area (Å²) < 4.78 is 29.9. The number of carbonyl (C=O) groups is 2. The molecule has 2 rings (SSSR count). The molecule has 0 bridgehead atoms. The van der Waals surface area contributed by atoms with Gasteiger partial charge in [0.25, 0.3) is 5.91 Å². The largest absolute Gasteiger partial charge is 0.456 e. The van der Waals surface area contributed by atoms with Gasteiger partial charge in [-0.3, -0.25) is 9.59 Å². The average molecular weight is 509 g/mol. The van der Waals surface area contributed by atoms with Gasteiger partial charge in [0.15, 0.2) is 16.4 Å². The summed E-state index contributed by atoms with van der Waals surface area (Å²) in [6.45, 7) is 1.25. The van der Waals surface area contributed by atoms with Gasteiger partial charge < -0.3 is 10.1 Å². The molecule has 0 aromatic heterocycles. The summed E-state index contributed by atoms with van der Waals surface area (Å²) in [4.78, 5) is 23.8. The molecule has 28 heavy (non-hydrogen) atoms. The molecule has 0 fully saturated rings. The van der Waals surface area contributed by atoms with Gasteiger partial charge in [0, 0.05) is 15.2 Å². The van der Waals surface area contributed by atoms with Crippen LogP contribution in [0.5, 0.6) is 0 Å². The van der Waals surface area contributed by atoms with Crippen LogP contribution in [-0.2, 0) is 24.2 Å². The van der Waals surface area contributed by atoms with Crippen LogP contribution in [0.15, 0.2) is 45.8 Å². The van der Waals surface area contributed by atoms with Crippen LogP contribution in [0.25, 0.3) is 0 Å². The number of sulfone groups is 1. The number of aryl methyl sites for hydroxylation is 1. The van der Waals surface area contributed by atoms with Crippen molar-refractivity contribution < 1.29 is 22.7 Å². The minimum Gasteiger partial charge on any atom is -0.456 e. The molecule has 2 aromatic rings. The molecule has 10 heteroatoms. The summed E-state index contributed by atoms with van der Waals surface area (Å²) in [5.41, 5.74) is 1.25. The number of halogens is 3. The lowest BCUT2D eigenvalue weighted by molar-refractivity contribution is -0.146. The fourth-order valence-electron chi connectivity index (χ4n) is 2.16. The van der Waals surface area contributed by atoms with Gasteiger partial charge in [0.05, 0.1) is 22.1 Å². The lowest BCUT2D eigenvalue weighted by Crippen LogP contribution is -2.22. The molecule has 0 atom stereocenters. The fourth-order valence-corrected chi connectivity index (χ4v) is 4.13. The zero-order chi connectivity index (χ0) is 20.9. The molecule has 0 aliphatic rings. The summed E-state index contributed by atoms with van der Waals surface area (Å²) in [5, 5.41) is 3.42. The number of nitrogens with one attached hydrogen (secondary N) is 1. The van der Waals surface area contributed by atoms with E-state index in [0.717, 1.165) is 5.56 Å². The molecule has 0 spiro atoms. The number of hydrogen-bond donors (Lipinski definition) is 1. The van der Waals surface area contributed by atoms with E-state index in [-0.39, 0.29) is 11.3 Å². The quantitative estimate of drug-likeness (QED) is 0.559. The number of benzene rings is 2. The second-order valence-corrected chi connectivity index (χ2v) is 9.62. The Balaban J connectivity index is 1.84. The fraction of sp³-hybridized carbons (Fsp3) is 0.222. The molecule has 0 heterocycles. The maximum Gasteiger partial charge on any atom is 0.307 e. The highest BCUT2D eigenvalue weighted by Gasteiger charge is 2.18. The van der Waals surface area contributed by atoms with Crippen LogP contribution in [0.2, 0.25) is 10.0 Å². The number of carbonyl (C=O) groups excluding carboxylic acids is 2. The molecule has 2 aromatic carbocycles. The van der Waals surface area contributed by atoms with Crippen LogP contribution in [0, 0.1) is 6.92 Å². The van der Waals surface area contributed by atoms with E-state index in [1.54, 1.807) is 19.1 Å². The number of anilines is 1. The SMILES string of the molecule is Cc1cc(Br)c(Cl)cc1NC(=O)COC(=O)CCS(=O)(=O)c1ccc(Cl)cc1. The van der Waals surface area contributed by atoms with E-state index in [4.69, 9.17) is 27.9 Å². The summed E-state index contributed by atoms with van der Waals surface area (Å²) in [6, 6.07) is 8.94. The van der Waals surface area contributed by atoms with E-state index < -0.39 is 34.1 Å². The maximum atomic E-state index is 12.2. The minimum absolute atomic E-state index is 0.0602. The predicted molar refractivity (Wildman–Crippen MR) is 112 cm³/mol. The van der Waals surface area contributed by atoms with Gasteiger partial charge in [0.1, 0.15) is 0 Å². The van der Waals surface area contributed by atoms with Crippen LogP contribution in [0.1, 0.15) is 12.0 Å². The first-order valence-corrected chi connectivity index (χ1v) is 11.2. The molecule has 0 radical (unpaired) electrons. The maximum absolute atomic E-state index is 12.2. The van der Waals surface area contributed by atoms with E-state index >= 15 is 0 Å². The zero-order valence-electron chi connectivity index (χ0n) is 14.7. The smallest absolute Gasteiger partial charge is 0.307 e. The van der Waals surface area contributed by atoms with Crippen molar-refractivity contribution in [1.29, 1.82) is 0 Å². The van der Waals surface area contributed by atoms with Gasteiger partial charge >= 0.3 is 5.97 Å². The Labute approximate surface area is 181 Å². The Hall–Kier alpha value is -1.61. The lowest BCUT2D eigenvalue weighted by Gasteiger charge is -2.10. The average Bonchev–Trinajstić information content (AvgIpc) is 2.63. The second-order valence-electron chi connectivity index (χ2n) is 5.81. The molecular weight excluding hydrogens is 493 g/mol. The summed E-state index contributed by atoms with van der Waals surface area (Å²) >= 11 is 15.0. The second kappa shape index (κ2) is 9.73. The van der Waals surface area contributed by atoms with E-state index in [9.17, 15) is 18.0 Å². The third-order valence-corrected chi connectivity index (χ3v) is 6.83. The van der Waals surface area contributed by atoms with E-state index in [1.165, 1.54) is 24.3 Å². The number of amides is 1. The van der Waals surface area contributed by atoms with Crippen molar-refractivity contribution in [1.82, 2.24) is 0 Å². The lowest BCUT2D eigenvalue weighted by atomic mass is 10.2. The van der Waals surface area contributed by atoms with Gasteiger partial charge in [-0.25, -0.2) is 8.42 Å². The topological polar surface area (TPSA) is 89.5 Å². The van der Waals surface area contributed by atoms with E-state index in [2.05, 4.69) is 21.2 Å². The van der Waals surface area contributed by atoms with Crippen molar-refractivity contribution in [3.63, 3.8) is 0 Å². The first-order valence-electron chi connectivity index (χ1n) is 7.98. The molecule has 0 aliphatic heterocycles. The minimum atomic E-state index is -3.65. The van der Waals surface area contributed by atoms with Gasteiger partial charge in [0.2, 0.25) is 0 Å². The van der Waals surface area contributed by atoms with Crippen molar-refractivity contribution in [3.05, 3.63) is 56.5 Å². The third-order valence-electron chi connectivity index (χ3n) is 3.65. The van der Waals surface area contributed by atoms with Crippen molar-refractivity contribution in [2.75, 3.05) is 17.7 Å². The predicted octanol–water partition coefficient (Wildman–Crippen LogP) is 4.41. The zero-order valence-corrected chi connectivity index (χ0v) is 18.6. The van der Waals surface area contributed by atoms with Crippen LogP contribution < -0.4 is 5.32 Å². The van der Waals surface area contributed by atoms with Crippen LogP contribution in [0.4, 0.5) is 5.69 Å². The van der Waals surface area contributed by atoms with Crippen LogP contribution in [0.3, 0.4) is 0 Å². The summed E-state index contributed by atoms with van der Waals surface area (Å²) in [7, 11) is -3.65. The molecular formula is C18H16BrCl2NO5S. The van der Waals surface area contributed by atoms with E-state index in [1.807, 2.05) is 0 Å². The highest BCUT2D eigenvalue weighted by Crippen LogP contribution is 2.28. The van der Waals surface area contributed by atoms with Gasteiger partial charge in [-0.05, 0) is 64.8 Å². The molecule has 0 unspecified atom stereocenters. The molecule has 0 aliphatic carbocycles. The van der Waals surface area contributed by atoms with Gasteiger partial charge in [-0.2, -0.15) is 0 Å². The number of esters is 1. The molecule has 1 N–H and O–H groups in total. The monoisotopic (exact) mass is 507 g/mol. The Morgan fingerprint density at radius 1 is 1.14 bits per heavy atom. The molecule has 0 saturated carbocycles. The highest BCUT2D eigenvalue weighted by molar-refractivity contribution is 9.10. The molecule has 1 amide bonds. The first kappa shape index (κ1) is 22.7. The Morgan fingerprint density at radius 3 is 2.43 bits per heavy atom. The number of hydrogen-bond acceptors (Lipinski definition) is 5. The molecule has 6 nitrogen and oxygen atoms in total. The third kappa shape index (κ3) is 6.48. The van der Waals surface area contributed by atoms with Gasteiger partial charge in [-0.1, -0.05) is 23.2 Å². The number of rotatable bonds is 7. The van der Waals surface area contributed by atoms with Crippen LogP contribution in [-0.4, -0.2) is 32.7 Å². The van der Waals surface area contributed by atoms with Crippen molar-refractivity contribution in [2.24, 2.45) is 0 Å². The standard InChI is InChI=1S/C18H16BrCl2NO5S/c1-11-8-14(19)15(21)9-16(11)22-17(23)10-27-18(24)6-7-28(25,26)13-4-2-12(20)3-5-13/h2-5,8-9H,6-7,10H2,1H3,(H,22,23). The van der Waals surface area contributed by atoms with Crippen molar-refractivity contribution >= 4 is 66.5 Å². The van der Waals surface area contributed by atoms with Crippen LogP contribution >= 0.6 is 39.1 Å². The Kier molecular flexibility index (Phi) is 7.88. The molecule has 0 saturated heterocycles. The normalized spacial score (nSPS) is 11.1. The first-order chi connectivity index (χ1) is 13.1. The van der Waals surface area contributed by atoms with E-state index in [0.29, 0.717) is 20.2 Å². The number of ether oxygens (including phenoxy) is 1. The van der Waals surface area contributed by atoms with Crippen molar-refractivity contribution in [3.8, 4) is 0 Å².